The summed E-state index contributed by atoms with van der Waals surface area (Å²) in [5.74, 6) is 0.0854. The largest absolute Gasteiger partial charge is 0.396 e. The number of amides is 1. The number of carbonyl (C=O) groups is 1. The monoisotopic (exact) mass is 412 g/mol. The number of hydrogen-bond acceptors (Lipinski definition) is 6. The van der Waals surface area contributed by atoms with Gasteiger partial charge in [0.2, 0.25) is 5.91 Å². The predicted octanol–water partition coefficient (Wildman–Crippen LogP) is 3.38. The molecule has 0 saturated carbocycles. The molecule has 7 nitrogen and oxygen atoms in total. The van der Waals surface area contributed by atoms with Crippen LogP contribution in [-0.2, 0) is 19.0 Å². The van der Waals surface area contributed by atoms with Crippen molar-refractivity contribution in [3.8, 4) is 0 Å². The zero-order valence-electron chi connectivity index (χ0n) is 19.0. The highest BCUT2D eigenvalue weighted by Crippen LogP contribution is 2.06. The van der Waals surface area contributed by atoms with Crippen molar-refractivity contribution < 1.29 is 27.0 Å². The molecule has 0 unspecified atom stereocenters. The summed E-state index contributed by atoms with van der Waals surface area (Å²) in [6, 6.07) is 0. The molecular formula is C21H52N2O5. The lowest BCUT2D eigenvalue weighted by Crippen LogP contribution is -2.27. The maximum absolute atomic E-state index is 11.6. The van der Waals surface area contributed by atoms with Gasteiger partial charge in [-0.25, -0.2) is 0 Å². The van der Waals surface area contributed by atoms with Crippen LogP contribution < -0.4 is 11.1 Å². The first kappa shape index (κ1) is 31.9. The Labute approximate surface area is 176 Å². The van der Waals surface area contributed by atoms with Crippen LogP contribution in [0.2, 0.25) is 0 Å². The lowest BCUT2D eigenvalue weighted by molar-refractivity contribution is -0.121. The zero-order chi connectivity index (χ0) is 21.7. The molecule has 28 heavy (non-hydrogen) atoms. The van der Waals surface area contributed by atoms with E-state index < -0.39 is 0 Å². The number of nitrogens with two attached hydrogens (primary N) is 1. The minimum absolute atomic E-state index is 0. The van der Waals surface area contributed by atoms with Crippen molar-refractivity contribution >= 4 is 5.91 Å². The molecule has 0 aliphatic heterocycles. The Morgan fingerprint density at radius 1 is 0.786 bits per heavy atom. The van der Waals surface area contributed by atoms with E-state index in [9.17, 15) is 4.79 Å². The summed E-state index contributed by atoms with van der Waals surface area (Å²) in [5.41, 5.74) is 5.29. The number of aliphatic hydroxyl groups is 1. The highest BCUT2D eigenvalue weighted by Gasteiger charge is 2.00. The van der Waals surface area contributed by atoms with Crippen LogP contribution >= 0.6 is 0 Å². The summed E-state index contributed by atoms with van der Waals surface area (Å²) >= 11 is 0. The summed E-state index contributed by atoms with van der Waals surface area (Å²) in [5, 5.41) is 11.5. The Hall–Kier alpha value is -0.730. The van der Waals surface area contributed by atoms with Gasteiger partial charge >= 0.3 is 0 Å². The molecule has 0 aliphatic carbocycles. The minimum atomic E-state index is 0. The minimum Gasteiger partial charge on any atom is -0.396 e. The molecule has 0 heterocycles. The lowest BCUT2D eigenvalue weighted by atomic mass is 10.1. The number of nitrogens with one attached hydrogen (secondary N) is 1. The number of rotatable bonds is 19. The average molecular weight is 413 g/mol. The SMILES string of the molecule is CC.CC.NCCOCCOCCOCCNC(=O)CCCCCCCCO.[HH].[HH]. The van der Waals surface area contributed by atoms with E-state index in [1.165, 1.54) is 0 Å². The van der Waals surface area contributed by atoms with Gasteiger partial charge in [-0.3, -0.25) is 4.79 Å². The summed E-state index contributed by atoms with van der Waals surface area (Å²) in [4.78, 5) is 11.6. The molecule has 0 aliphatic rings. The number of ether oxygens (including phenoxy) is 3. The van der Waals surface area contributed by atoms with Crippen molar-refractivity contribution in [3.63, 3.8) is 0 Å². The van der Waals surface area contributed by atoms with Crippen LogP contribution in [0.1, 0.15) is 75.5 Å². The number of unbranched alkanes of at least 4 members (excludes halogenated alkanes) is 5. The first-order valence-corrected chi connectivity index (χ1v) is 11.1. The van der Waals surface area contributed by atoms with E-state index in [-0.39, 0.29) is 15.4 Å². The summed E-state index contributed by atoms with van der Waals surface area (Å²) < 4.78 is 15.9. The Bertz CT molecular complexity index is 280. The molecule has 0 aromatic carbocycles. The van der Waals surface area contributed by atoms with Gasteiger partial charge < -0.3 is 30.4 Å². The van der Waals surface area contributed by atoms with E-state index in [2.05, 4.69) is 5.32 Å². The maximum Gasteiger partial charge on any atom is 0.220 e. The molecule has 7 heteroatoms. The van der Waals surface area contributed by atoms with Gasteiger partial charge in [0.15, 0.2) is 0 Å². The predicted molar refractivity (Wildman–Crippen MR) is 121 cm³/mol. The molecule has 1 amide bonds. The molecule has 0 rings (SSSR count). The highest BCUT2D eigenvalue weighted by molar-refractivity contribution is 5.75. The maximum atomic E-state index is 11.6. The second-order valence-electron chi connectivity index (χ2n) is 5.57. The normalized spacial score (nSPS) is 9.79. The van der Waals surface area contributed by atoms with E-state index in [1.54, 1.807) is 0 Å². The smallest absolute Gasteiger partial charge is 0.220 e. The van der Waals surface area contributed by atoms with E-state index in [4.69, 9.17) is 25.1 Å². The van der Waals surface area contributed by atoms with Crippen molar-refractivity contribution in [2.24, 2.45) is 5.73 Å². The number of carbonyl (C=O) groups excluding carboxylic acids is 1. The topological polar surface area (TPSA) is 103 Å². The molecule has 0 bridgehead atoms. The quantitative estimate of drug-likeness (QED) is 0.281. The molecule has 4 N–H and O–H groups in total. The molecule has 0 atom stereocenters. The fraction of sp³-hybridized carbons (Fsp3) is 0.952. The molecule has 0 fully saturated rings. The third-order valence-corrected chi connectivity index (χ3v) is 3.39. The molecule has 0 aromatic rings. The third kappa shape index (κ3) is 32.9. The Morgan fingerprint density at radius 3 is 1.79 bits per heavy atom. The number of aliphatic hydroxyl groups excluding tert-OH is 1. The Kier molecular flexibility index (Phi) is 38.6. The van der Waals surface area contributed by atoms with Crippen LogP contribution in [-0.4, -0.2) is 70.4 Å². The second kappa shape index (κ2) is 33.8. The fourth-order valence-corrected chi connectivity index (χ4v) is 2.08. The summed E-state index contributed by atoms with van der Waals surface area (Å²) in [6.45, 7) is 12.5. The van der Waals surface area contributed by atoms with Crippen molar-refractivity contribution in [2.45, 2.75) is 72.6 Å². The Morgan fingerprint density at radius 2 is 1.25 bits per heavy atom. The van der Waals surface area contributed by atoms with Crippen LogP contribution in [0.25, 0.3) is 0 Å². The number of hydrogen-bond donors (Lipinski definition) is 3. The van der Waals surface area contributed by atoms with Gasteiger partial charge in [0.1, 0.15) is 0 Å². The van der Waals surface area contributed by atoms with Gasteiger partial charge in [-0.1, -0.05) is 53.4 Å². The highest BCUT2D eigenvalue weighted by atomic mass is 16.5. The average Bonchev–Trinajstić information content (AvgIpc) is 2.74. The van der Waals surface area contributed by atoms with Gasteiger partial charge in [-0.15, -0.1) is 0 Å². The Balaban J connectivity index is -0.000000325. The van der Waals surface area contributed by atoms with E-state index in [0.717, 1.165) is 38.5 Å². The molecule has 176 valence electrons. The van der Waals surface area contributed by atoms with Crippen molar-refractivity contribution in [2.75, 3.05) is 59.3 Å². The lowest BCUT2D eigenvalue weighted by Gasteiger charge is -2.07. The van der Waals surface area contributed by atoms with Crippen LogP contribution in [0, 0.1) is 0 Å². The molecular weight excluding hydrogens is 360 g/mol. The molecule has 0 spiro atoms. The zero-order valence-corrected chi connectivity index (χ0v) is 19.0. The van der Waals surface area contributed by atoms with Crippen LogP contribution in [0.5, 0.6) is 0 Å². The van der Waals surface area contributed by atoms with Gasteiger partial charge in [0.25, 0.3) is 0 Å². The van der Waals surface area contributed by atoms with Gasteiger partial charge in [0.05, 0.1) is 39.6 Å². The summed E-state index contributed by atoms with van der Waals surface area (Å²) in [7, 11) is 0. The van der Waals surface area contributed by atoms with Crippen molar-refractivity contribution in [1.29, 1.82) is 0 Å². The first-order valence-electron chi connectivity index (χ1n) is 11.1. The molecule has 0 aromatic heterocycles. The third-order valence-electron chi connectivity index (χ3n) is 3.39. The van der Waals surface area contributed by atoms with Crippen LogP contribution in [0.4, 0.5) is 0 Å². The first-order chi connectivity index (χ1) is 13.8. The molecule has 0 radical (unpaired) electrons. The van der Waals surface area contributed by atoms with Crippen molar-refractivity contribution in [3.05, 3.63) is 0 Å². The van der Waals surface area contributed by atoms with Gasteiger partial charge in [0, 0.05) is 29.0 Å². The standard InChI is InChI=1S/C17H36N2O5.2C2H6.2H2/c18-8-11-22-13-15-24-16-14-23-12-9-19-17(21)7-5-3-1-2-4-6-10-20;2*1-2;;/h20H,1-16,18H2,(H,19,21);2*1-2H3;2*1H. The van der Waals surface area contributed by atoms with E-state index >= 15 is 0 Å². The fourth-order valence-electron chi connectivity index (χ4n) is 2.08. The second-order valence-corrected chi connectivity index (χ2v) is 5.57. The van der Waals surface area contributed by atoms with Gasteiger partial charge in [-0.05, 0) is 12.8 Å². The van der Waals surface area contributed by atoms with E-state index in [0.29, 0.717) is 59.2 Å². The van der Waals surface area contributed by atoms with Crippen LogP contribution in [0.15, 0.2) is 0 Å². The van der Waals surface area contributed by atoms with Crippen LogP contribution in [0.3, 0.4) is 0 Å². The van der Waals surface area contributed by atoms with E-state index in [1.807, 2.05) is 27.7 Å². The summed E-state index contributed by atoms with van der Waals surface area (Å²) in [6.07, 6.45) is 6.79. The van der Waals surface area contributed by atoms with Gasteiger partial charge in [-0.2, -0.15) is 0 Å². The van der Waals surface area contributed by atoms with Crippen molar-refractivity contribution in [1.82, 2.24) is 5.32 Å². The molecule has 0 saturated heterocycles.